The Morgan fingerprint density at radius 3 is 2.43 bits per heavy atom. The lowest BCUT2D eigenvalue weighted by Gasteiger charge is -2.26. The minimum atomic E-state index is 0.0626. The minimum absolute atomic E-state index is 0.0626. The molecular formula is C21H24N2O4S. The second-order valence-corrected chi connectivity index (χ2v) is 7.55. The van der Waals surface area contributed by atoms with Crippen LogP contribution in [0.1, 0.15) is 31.0 Å². The smallest absolute Gasteiger partial charge is 0.231 e. The topological polar surface area (TPSA) is 61.0 Å². The Bertz CT molecular complexity index is 871. The van der Waals surface area contributed by atoms with E-state index in [-0.39, 0.29) is 12.8 Å². The first-order valence-corrected chi connectivity index (χ1v) is 9.83. The van der Waals surface area contributed by atoms with Crippen molar-refractivity contribution in [2.45, 2.75) is 26.4 Å². The normalized spacial score (nSPS) is 15.2. The molecule has 0 saturated carbocycles. The predicted octanol–water partition coefficient (Wildman–Crippen LogP) is 3.55. The highest BCUT2D eigenvalue weighted by Crippen LogP contribution is 2.34. The van der Waals surface area contributed by atoms with E-state index in [1.807, 2.05) is 30.3 Å². The van der Waals surface area contributed by atoms with Crippen molar-refractivity contribution in [1.82, 2.24) is 10.6 Å². The van der Waals surface area contributed by atoms with Crippen LogP contribution in [0.2, 0.25) is 0 Å². The van der Waals surface area contributed by atoms with Crippen LogP contribution in [0.4, 0.5) is 0 Å². The summed E-state index contributed by atoms with van der Waals surface area (Å²) in [4.78, 5) is 0. The van der Waals surface area contributed by atoms with Crippen LogP contribution in [0.25, 0.3) is 0 Å². The third kappa shape index (κ3) is 4.09. The van der Waals surface area contributed by atoms with Crippen LogP contribution in [0.5, 0.6) is 23.0 Å². The molecule has 148 valence electrons. The van der Waals surface area contributed by atoms with Crippen molar-refractivity contribution in [1.29, 1.82) is 0 Å². The molecule has 0 spiro atoms. The van der Waals surface area contributed by atoms with Gasteiger partial charge in [0, 0.05) is 6.54 Å². The summed E-state index contributed by atoms with van der Waals surface area (Å²) >= 11 is 5.53. The Balaban J connectivity index is 1.39. The highest BCUT2D eigenvalue weighted by Gasteiger charge is 2.20. The van der Waals surface area contributed by atoms with E-state index < -0.39 is 0 Å². The van der Waals surface area contributed by atoms with Gasteiger partial charge in [0.25, 0.3) is 0 Å². The van der Waals surface area contributed by atoms with Gasteiger partial charge in [0.15, 0.2) is 28.1 Å². The zero-order valence-electron chi connectivity index (χ0n) is 16.0. The fourth-order valence-electron chi connectivity index (χ4n) is 3.31. The summed E-state index contributed by atoms with van der Waals surface area (Å²) in [5.74, 6) is 3.47. The summed E-state index contributed by atoms with van der Waals surface area (Å²) in [5.41, 5.74) is 2.19. The van der Waals surface area contributed by atoms with Gasteiger partial charge < -0.3 is 29.6 Å². The SMILES string of the molecule is CC(C)[C@@H](NC(=S)NCc1ccc2c(c1)OCO2)c1ccc2c(c1)OCCO2. The summed E-state index contributed by atoms with van der Waals surface area (Å²) in [7, 11) is 0. The molecule has 2 aromatic carbocycles. The molecular weight excluding hydrogens is 376 g/mol. The van der Waals surface area contributed by atoms with Crippen LogP contribution >= 0.6 is 12.2 Å². The van der Waals surface area contributed by atoms with E-state index in [9.17, 15) is 0 Å². The molecule has 0 amide bonds. The minimum Gasteiger partial charge on any atom is -0.486 e. The van der Waals surface area contributed by atoms with E-state index in [2.05, 4.69) is 30.5 Å². The van der Waals surface area contributed by atoms with E-state index in [1.165, 1.54) is 0 Å². The summed E-state index contributed by atoms with van der Waals surface area (Å²) in [6, 6.07) is 12.0. The first kappa shape index (κ1) is 18.7. The van der Waals surface area contributed by atoms with Crippen molar-refractivity contribution in [3.63, 3.8) is 0 Å². The molecule has 0 saturated heterocycles. The molecule has 2 heterocycles. The summed E-state index contributed by atoms with van der Waals surface area (Å²) in [6.45, 7) is 6.37. The average Bonchev–Trinajstić information content (AvgIpc) is 3.18. The van der Waals surface area contributed by atoms with Crippen LogP contribution in [-0.2, 0) is 6.54 Å². The highest BCUT2D eigenvalue weighted by atomic mass is 32.1. The molecule has 28 heavy (non-hydrogen) atoms. The number of benzene rings is 2. The zero-order valence-corrected chi connectivity index (χ0v) is 16.8. The van der Waals surface area contributed by atoms with E-state index in [0.717, 1.165) is 34.1 Å². The molecule has 2 N–H and O–H groups in total. The van der Waals surface area contributed by atoms with Gasteiger partial charge >= 0.3 is 0 Å². The van der Waals surface area contributed by atoms with Gasteiger partial charge in [-0.1, -0.05) is 26.0 Å². The van der Waals surface area contributed by atoms with Gasteiger partial charge in [-0.05, 0) is 53.5 Å². The van der Waals surface area contributed by atoms with Crippen molar-refractivity contribution >= 4 is 17.3 Å². The molecule has 1 atom stereocenters. The zero-order chi connectivity index (χ0) is 19.5. The van der Waals surface area contributed by atoms with E-state index in [1.54, 1.807) is 0 Å². The van der Waals surface area contributed by atoms with Crippen LogP contribution in [0.3, 0.4) is 0 Å². The molecule has 7 heteroatoms. The van der Waals surface area contributed by atoms with Gasteiger partial charge in [0.1, 0.15) is 13.2 Å². The molecule has 0 unspecified atom stereocenters. The van der Waals surface area contributed by atoms with Crippen molar-refractivity contribution in [3.8, 4) is 23.0 Å². The maximum Gasteiger partial charge on any atom is 0.231 e. The van der Waals surface area contributed by atoms with Crippen LogP contribution in [-0.4, -0.2) is 25.1 Å². The van der Waals surface area contributed by atoms with Crippen molar-refractivity contribution in [2.75, 3.05) is 20.0 Å². The average molecular weight is 401 g/mol. The first-order valence-electron chi connectivity index (χ1n) is 9.42. The Morgan fingerprint density at radius 2 is 1.61 bits per heavy atom. The molecule has 0 radical (unpaired) electrons. The third-order valence-corrected chi connectivity index (χ3v) is 5.03. The maximum absolute atomic E-state index is 5.72. The summed E-state index contributed by atoms with van der Waals surface area (Å²) in [6.07, 6.45) is 0. The van der Waals surface area contributed by atoms with Crippen LogP contribution in [0, 0.1) is 5.92 Å². The van der Waals surface area contributed by atoms with Crippen molar-refractivity contribution in [3.05, 3.63) is 47.5 Å². The predicted molar refractivity (Wildman–Crippen MR) is 110 cm³/mol. The van der Waals surface area contributed by atoms with E-state index in [4.69, 9.17) is 31.2 Å². The number of thiocarbonyl (C=S) groups is 1. The lowest BCUT2D eigenvalue weighted by atomic mass is 9.95. The number of hydrogen-bond donors (Lipinski definition) is 2. The van der Waals surface area contributed by atoms with Gasteiger partial charge in [-0.3, -0.25) is 0 Å². The third-order valence-electron chi connectivity index (χ3n) is 4.77. The highest BCUT2D eigenvalue weighted by molar-refractivity contribution is 7.80. The van der Waals surface area contributed by atoms with Crippen molar-refractivity contribution < 1.29 is 18.9 Å². The maximum atomic E-state index is 5.72. The monoisotopic (exact) mass is 400 g/mol. The Labute approximate surface area is 170 Å². The first-order chi connectivity index (χ1) is 13.6. The number of hydrogen-bond acceptors (Lipinski definition) is 5. The standard InChI is InChI=1S/C21H24N2O4S/c1-13(2)20(15-4-6-16-19(10-15)25-8-7-24-16)23-21(28)22-11-14-3-5-17-18(9-14)27-12-26-17/h3-6,9-10,13,20H,7-8,11-12H2,1-2H3,(H2,22,23,28)/t20-/m1/s1. The lowest BCUT2D eigenvalue weighted by molar-refractivity contribution is 0.171. The Morgan fingerprint density at radius 1 is 0.929 bits per heavy atom. The molecule has 6 nitrogen and oxygen atoms in total. The number of ether oxygens (including phenoxy) is 4. The van der Waals surface area contributed by atoms with Gasteiger partial charge in [-0.25, -0.2) is 0 Å². The Hall–Kier alpha value is -2.67. The second kappa shape index (κ2) is 8.14. The fraction of sp³-hybridized carbons (Fsp3) is 0.381. The van der Waals surface area contributed by atoms with E-state index in [0.29, 0.717) is 30.8 Å². The molecule has 2 aromatic rings. The van der Waals surface area contributed by atoms with Gasteiger partial charge in [-0.2, -0.15) is 0 Å². The van der Waals surface area contributed by atoms with E-state index >= 15 is 0 Å². The molecule has 4 rings (SSSR count). The molecule has 0 aromatic heterocycles. The van der Waals surface area contributed by atoms with Crippen LogP contribution in [0.15, 0.2) is 36.4 Å². The summed E-state index contributed by atoms with van der Waals surface area (Å²) < 4.78 is 22.1. The summed E-state index contributed by atoms with van der Waals surface area (Å²) in [5, 5.41) is 7.31. The molecule has 2 aliphatic rings. The lowest BCUT2D eigenvalue weighted by Crippen LogP contribution is -2.39. The fourth-order valence-corrected chi connectivity index (χ4v) is 3.51. The van der Waals surface area contributed by atoms with Gasteiger partial charge in [-0.15, -0.1) is 0 Å². The number of fused-ring (bicyclic) bond motifs is 2. The second-order valence-electron chi connectivity index (χ2n) is 7.14. The Kier molecular flexibility index (Phi) is 5.43. The van der Waals surface area contributed by atoms with Gasteiger partial charge in [0.05, 0.1) is 6.04 Å². The molecule has 0 bridgehead atoms. The molecule has 2 aliphatic heterocycles. The van der Waals surface area contributed by atoms with Crippen molar-refractivity contribution in [2.24, 2.45) is 5.92 Å². The largest absolute Gasteiger partial charge is 0.486 e. The number of nitrogens with one attached hydrogen (secondary N) is 2. The number of rotatable bonds is 5. The molecule has 0 fully saturated rings. The van der Waals surface area contributed by atoms with Gasteiger partial charge in [0.2, 0.25) is 6.79 Å². The molecule has 0 aliphatic carbocycles. The van der Waals surface area contributed by atoms with Crippen LogP contribution < -0.4 is 29.6 Å². The quantitative estimate of drug-likeness (QED) is 0.745.